The van der Waals surface area contributed by atoms with Gasteiger partial charge in [-0.05, 0) is 37.3 Å². The lowest BCUT2D eigenvalue weighted by Gasteiger charge is -2.31. The Morgan fingerprint density at radius 3 is 2.04 bits per heavy atom. The molecule has 1 saturated heterocycles. The molecule has 4 rings (SSSR count). The standard InChI is InChI=1S/C20H21NO3/c1-4-20(5-2)17(24-20)12(3)21-18(22)14-10-6-8-13-9-7-11-15(16(13)14)19(21)23/h6-12,17H,4-5H2,1-3H3. The first-order valence-corrected chi connectivity index (χ1v) is 8.61. The fourth-order valence-electron chi connectivity index (χ4n) is 4.13. The molecule has 2 aromatic carbocycles. The topological polar surface area (TPSA) is 49.9 Å². The molecule has 4 nitrogen and oxygen atoms in total. The van der Waals surface area contributed by atoms with Crippen LogP contribution in [0, 0.1) is 0 Å². The van der Waals surface area contributed by atoms with Crippen molar-refractivity contribution in [1.82, 2.24) is 4.90 Å². The van der Waals surface area contributed by atoms with Gasteiger partial charge < -0.3 is 4.74 Å². The monoisotopic (exact) mass is 323 g/mol. The fourth-order valence-corrected chi connectivity index (χ4v) is 4.13. The van der Waals surface area contributed by atoms with Crippen molar-refractivity contribution in [3.05, 3.63) is 47.5 Å². The Morgan fingerprint density at radius 1 is 1.04 bits per heavy atom. The smallest absolute Gasteiger partial charge is 0.261 e. The summed E-state index contributed by atoms with van der Waals surface area (Å²) in [5.74, 6) is -0.429. The van der Waals surface area contributed by atoms with Crippen LogP contribution in [0.15, 0.2) is 36.4 Å². The summed E-state index contributed by atoms with van der Waals surface area (Å²) < 4.78 is 5.93. The minimum Gasteiger partial charge on any atom is -0.364 e. The highest BCUT2D eigenvalue weighted by atomic mass is 16.6. The lowest BCUT2D eigenvalue weighted by Crippen LogP contribution is -2.49. The van der Waals surface area contributed by atoms with Gasteiger partial charge in [-0.2, -0.15) is 0 Å². The molecule has 0 radical (unpaired) electrons. The lowest BCUT2D eigenvalue weighted by atomic mass is 9.90. The van der Waals surface area contributed by atoms with Crippen LogP contribution in [0.5, 0.6) is 0 Å². The minimum atomic E-state index is -0.270. The van der Waals surface area contributed by atoms with Crippen molar-refractivity contribution in [3.8, 4) is 0 Å². The number of epoxide rings is 1. The summed E-state index contributed by atoms with van der Waals surface area (Å²) >= 11 is 0. The Bertz CT molecular complexity index is 802. The number of ether oxygens (including phenoxy) is 1. The third-order valence-corrected chi connectivity index (χ3v) is 5.67. The van der Waals surface area contributed by atoms with Crippen molar-refractivity contribution in [2.24, 2.45) is 0 Å². The van der Waals surface area contributed by atoms with Crippen LogP contribution >= 0.6 is 0 Å². The van der Waals surface area contributed by atoms with Crippen molar-refractivity contribution in [2.45, 2.75) is 51.4 Å². The van der Waals surface area contributed by atoms with Crippen molar-refractivity contribution in [2.75, 3.05) is 0 Å². The van der Waals surface area contributed by atoms with Crippen LogP contribution in [0.1, 0.15) is 54.3 Å². The number of hydrogen-bond acceptors (Lipinski definition) is 3. The Balaban J connectivity index is 1.78. The largest absolute Gasteiger partial charge is 0.364 e. The highest BCUT2D eigenvalue weighted by molar-refractivity contribution is 6.25. The first-order valence-electron chi connectivity index (χ1n) is 8.61. The van der Waals surface area contributed by atoms with E-state index in [9.17, 15) is 9.59 Å². The molecule has 2 heterocycles. The number of amides is 2. The second kappa shape index (κ2) is 5.15. The predicted octanol–water partition coefficient (Wildman–Crippen LogP) is 3.78. The number of imide groups is 1. The van der Waals surface area contributed by atoms with Crippen molar-refractivity contribution >= 4 is 22.6 Å². The zero-order valence-corrected chi connectivity index (χ0v) is 14.2. The first-order chi connectivity index (χ1) is 11.5. The van der Waals surface area contributed by atoms with Gasteiger partial charge in [-0.25, -0.2) is 0 Å². The molecule has 2 aromatic rings. The van der Waals surface area contributed by atoms with Gasteiger partial charge in [0.2, 0.25) is 0 Å². The number of hydrogen-bond donors (Lipinski definition) is 0. The minimum absolute atomic E-state index is 0.0788. The summed E-state index contributed by atoms with van der Waals surface area (Å²) in [6.45, 7) is 6.10. The summed E-state index contributed by atoms with van der Waals surface area (Å²) in [7, 11) is 0. The predicted molar refractivity (Wildman–Crippen MR) is 92.1 cm³/mol. The maximum Gasteiger partial charge on any atom is 0.261 e. The quantitative estimate of drug-likeness (QED) is 0.635. The van der Waals surface area contributed by atoms with Crippen LogP contribution < -0.4 is 0 Å². The molecule has 2 unspecified atom stereocenters. The summed E-state index contributed by atoms with van der Waals surface area (Å²) in [6.07, 6.45) is 1.70. The van der Waals surface area contributed by atoms with Crippen LogP contribution in [0.2, 0.25) is 0 Å². The molecule has 0 aromatic heterocycles. The molecule has 2 amide bonds. The molecule has 124 valence electrons. The van der Waals surface area contributed by atoms with E-state index >= 15 is 0 Å². The van der Waals surface area contributed by atoms with Crippen LogP contribution in [-0.4, -0.2) is 34.5 Å². The molecule has 0 spiro atoms. The van der Waals surface area contributed by atoms with Gasteiger partial charge in [-0.3, -0.25) is 14.5 Å². The van der Waals surface area contributed by atoms with E-state index in [2.05, 4.69) is 13.8 Å². The molecule has 0 saturated carbocycles. The summed E-state index contributed by atoms with van der Waals surface area (Å²) in [5.41, 5.74) is 1.02. The highest BCUT2D eigenvalue weighted by Gasteiger charge is 2.58. The normalized spacial score (nSPS) is 22.8. The Labute approximate surface area is 141 Å². The average Bonchev–Trinajstić information content (AvgIpc) is 3.35. The molecular formula is C20H21NO3. The summed E-state index contributed by atoms with van der Waals surface area (Å²) in [4.78, 5) is 27.4. The summed E-state index contributed by atoms with van der Waals surface area (Å²) in [5, 5.41) is 1.70. The van der Waals surface area contributed by atoms with E-state index in [-0.39, 0.29) is 29.6 Å². The van der Waals surface area contributed by atoms with Gasteiger partial charge in [0.15, 0.2) is 0 Å². The molecule has 0 bridgehead atoms. The van der Waals surface area contributed by atoms with Gasteiger partial charge in [0, 0.05) is 16.5 Å². The zero-order chi connectivity index (χ0) is 17.1. The fraction of sp³-hybridized carbons (Fsp3) is 0.400. The number of rotatable bonds is 4. The van der Waals surface area contributed by atoms with E-state index in [0.29, 0.717) is 11.1 Å². The summed E-state index contributed by atoms with van der Waals surface area (Å²) in [6, 6.07) is 11.0. The number of carbonyl (C=O) groups is 2. The van der Waals surface area contributed by atoms with E-state index in [1.165, 1.54) is 4.90 Å². The van der Waals surface area contributed by atoms with Gasteiger partial charge in [0.25, 0.3) is 11.8 Å². The van der Waals surface area contributed by atoms with Gasteiger partial charge in [-0.1, -0.05) is 38.1 Å². The molecular weight excluding hydrogens is 302 g/mol. The highest BCUT2D eigenvalue weighted by Crippen LogP contribution is 2.46. The van der Waals surface area contributed by atoms with Crippen molar-refractivity contribution < 1.29 is 14.3 Å². The second-order valence-corrected chi connectivity index (χ2v) is 6.74. The third-order valence-electron chi connectivity index (χ3n) is 5.67. The Kier molecular flexibility index (Phi) is 3.29. The van der Waals surface area contributed by atoms with Crippen LogP contribution in [0.3, 0.4) is 0 Å². The Hall–Kier alpha value is -2.20. The second-order valence-electron chi connectivity index (χ2n) is 6.74. The molecule has 1 fully saturated rings. The van der Waals surface area contributed by atoms with E-state index in [1.54, 1.807) is 12.1 Å². The molecule has 2 aliphatic rings. The van der Waals surface area contributed by atoms with Gasteiger partial charge >= 0.3 is 0 Å². The van der Waals surface area contributed by atoms with Crippen LogP contribution in [0.25, 0.3) is 10.8 Å². The van der Waals surface area contributed by atoms with E-state index in [1.807, 2.05) is 31.2 Å². The first kappa shape index (κ1) is 15.3. The molecule has 2 aliphatic heterocycles. The van der Waals surface area contributed by atoms with Crippen molar-refractivity contribution in [1.29, 1.82) is 0 Å². The maximum atomic E-state index is 13.0. The van der Waals surface area contributed by atoms with Gasteiger partial charge in [-0.15, -0.1) is 0 Å². The molecule has 0 aliphatic carbocycles. The number of carbonyl (C=O) groups excluding carboxylic acids is 2. The molecule has 0 N–H and O–H groups in total. The maximum absolute atomic E-state index is 13.0. The molecule has 24 heavy (non-hydrogen) atoms. The van der Waals surface area contributed by atoms with Crippen LogP contribution in [-0.2, 0) is 4.74 Å². The molecule has 2 atom stereocenters. The lowest BCUT2D eigenvalue weighted by molar-refractivity contribution is 0.0526. The van der Waals surface area contributed by atoms with E-state index in [4.69, 9.17) is 4.74 Å². The molecule has 4 heteroatoms. The number of benzene rings is 2. The van der Waals surface area contributed by atoms with Crippen LogP contribution in [0.4, 0.5) is 0 Å². The average molecular weight is 323 g/mol. The van der Waals surface area contributed by atoms with E-state index < -0.39 is 0 Å². The van der Waals surface area contributed by atoms with Gasteiger partial charge in [0.1, 0.15) is 6.10 Å². The number of nitrogens with zero attached hydrogens (tertiary/aromatic N) is 1. The van der Waals surface area contributed by atoms with Crippen molar-refractivity contribution in [3.63, 3.8) is 0 Å². The van der Waals surface area contributed by atoms with Gasteiger partial charge in [0.05, 0.1) is 11.6 Å². The zero-order valence-electron chi connectivity index (χ0n) is 14.2. The van der Waals surface area contributed by atoms with E-state index in [0.717, 1.165) is 23.6 Å². The Morgan fingerprint density at radius 2 is 1.58 bits per heavy atom. The SMILES string of the molecule is CCC1(CC)OC1C(C)N1C(=O)c2cccc3cccc(c23)C1=O. The third kappa shape index (κ3) is 1.89.